The van der Waals surface area contributed by atoms with Crippen molar-refractivity contribution in [3.63, 3.8) is 0 Å². The van der Waals surface area contributed by atoms with E-state index < -0.39 is 0 Å². The van der Waals surface area contributed by atoms with Crippen molar-refractivity contribution in [1.82, 2.24) is 4.57 Å². The number of rotatable bonds is 7. The predicted molar refractivity (Wildman–Crippen MR) is 118 cm³/mol. The van der Waals surface area contributed by atoms with Crippen LogP contribution in [0.5, 0.6) is 11.5 Å². The molecule has 0 bridgehead atoms. The molecule has 0 unspecified atom stereocenters. The molecule has 5 heteroatoms. The first-order chi connectivity index (χ1) is 14.2. The lowest BCUT2D eigenvalue weighted by molar-refractivity contribution is 0.102. The number of amides is 1. The van der Waals surface area contributed by atoms with Crippen LogP contribution < -0.4 is 10.1 Å². The molecule has 29 heavy (non-hydrogen) atoms. The van der Waals surface area contributed by atoms with Crippen molar-refractivity contribution in [1.29, 1.82) is 0 Å². The van der Waals surface area contributed by atoms with Crippen molar-refractivity contribution in [3.05, 3.63) is 90.6 Å². The molecule has 0 fully saturated rings. The number of ether oxygens (including phenoxy) is 1. The summed E-state index contributed by atoms with van der Waals surface area (Å²) in [6.45, 7) is 0.895. The zero-order valence-corrected chi connectivity index (χ0v) is 16.6. The predicted octanol–water partition coefficient (Wildman–Crippen LogP) is 6.31. The third kappa shape index (κ3) is 4.61. The number of fused-ring (bicyclic) bond motifs is 1. The minimum absolute atomic E-state index is 0.173. The van der Waals surface area contributed by atoms with Gasteiger partial charge in [0.05, 0.1) is 0 Å². The van der Waals surface area contributed by atoms with Gasteiger partial charge in [-0.3, -0.25) is 4.79 Å². The normalized spacial score (nSPS) is 10.8. The first kappa shape index (κ1) is 19.1. The molecular weight excluding hydrogens is 384 g/mol. The average Bonchev–Trinajstić information content (AvgIpc) is 3.15. The van der Waals surface area contributed by atoms with E-state index in [-0.39, 0.29) is 5.91 Å². The lowest BCUT2D eigenvalue weighted by Gasteiger charge is -2.09. The number of para-hydroxylation sites is 1. The number of aromatic nitrogens is 1. The van der Waals surface area contributed by atoms with Crippen molar-refractivity contribution in [3.8, 4) is 11.5 Å². The molecule has 0 radical (unpaired) electrons. The van der Waals surface area contributed by atoms with Gasteiger partial charge < -0.3 is 14.6 Å². The van der Waals surface area contributed by atoms with Crippen LogP contribution in [-0.4, -0.2) is 16.4 Å². The Labute approximate surface area is 174 Å². The molecule has 4 aromatic rings. The van der Waals surface area contributed by atoms with Crippen LogP contribution >= 0.6 is 11.6 Å². The number of halogens is 1. The number of anilines is 1. The fourth-order valence-corrected chi connectivity index (χ4v) is 3.35. The number of aryl methyl sites for hydroxylation is 1. The van der Waals surface area contributed by atoms with Gasteiger partial charge in [0.2, 0.25) is 0 Å². The van der Waals surface area contributed by atoms with E-state index in [1.165, 1.54) is 0 Å². The Morgan fingerprint density at radius 3 is 2.59 bits per heavy atom. The summed E-state index contributed by atoms with van der Waals surface area (Å²) in [6, 6.07) is 24.6. The Morgan fingerprint density at radius 1 is 0.931 bits per heavy atom. The first-order valence-electron chi connectivity index (χ1n) is 9.52. The molecule has 0 aliphatic rings. The minimum Gasteiger partial charge on any atom is -0.457 e. The molecule has 1 N–H and O–H groups in total. The summed E-state index contributed by atoms with van der Waals surface area (Å²) in [4.78, 5) is 12.5. The Bertz CT molecular complexity index is 1120. The molecule has 0 aliphatic heterocycles. The number of nitrogens with one attached hydrogen (secondary N) is 1. The highest BCUT2D eigenvalue weighted by Gasteiger charge is 2.09. The molecule has 0 aliphatic carbocycles. The Morgan fingerprint density at radius 2 is 1.76 bits per heavy atom. The summed E-state index contributed by atoms with van der Waals surface area (Å²) in [7, 11) is 0. The van der Waals surface area contributed by atoms with E-state index in [9.17, 15) is 4.79 Å². The van der Waals surface area contributed by atoms with Crippen molar-refractivity contribution < 1.29 is 9.53 Å². The topological polar surface area (TPSA) is 43.3 Å². The molecular formula is C24H21ClN2O2. The van der Waals surface area contributed by atoms with Gasteiger partial charge >= 0.3 is 0 Å². The van der Waals surface area contributed by atoms with Crippen molar-refractivity contribution in [2.45, 2.75) is 13.0 Å². The fourth-order valence-electron chi connectivity index (χ4n) is 3.23. The second-order valence-corrected chi connectivity index (χ2v) is 7.10. The standard InChI is InChI=1S/C24H21ClN2O2/c25-13-5-14-27-15-12-18-16-22(10-11-23(18)27)29-21-9-4-6-19(17-21)24(28)26-20-7-2-1-3-8-20/h1-4,6-12,15-17H,5,13-14H2,(H,26,28). The summed E-state index contributed by atoms with van der Waals surface area (Å²) in [5.41, 5.74) is 2.45. The van der Waals surface area contributed by atoms with Crippen molar-refractivity contribution >= 4 is 34.1 Å². The van der Waals surface area contributed by atoms with Gasteiger partial charge in [0, 0.05) is 40.8 Å². The quantitative estimate of drug-likeness (QED) is 0.366. The third-order valence-corrected chi connectivity index (χ3v) is 4.91. The SMILES string of the molecule is O=C(Nc1ccccc1)c1cccc(Oc2ccc3c(ccn3CCCCl)c2)c1. The molecule has 0 spiro atoms. The first-order valence-corrected chi connectivity index (χ1v) is 10.1. The fraction of sp³-hybridized carbons (Fsp3) is 0.125. The zero-order chi connectivity index (χ0) is 20.1. The number of hydrogen-bond acceptors (Lipinski definition) is 2. The van der Waals surface area contributed by atoms with E-state index in [2.05, 4.69) is 22.1 Å². The number of alkyl halides is 1. The lowest BCUT2D eigenvalue weighted by atomic mass is 10.2. The van der Waals surface area contributed by atoms with Gasteiger partial charge in [-0.25, -0.2) is 0 Å². The van der Waals surface area contributed by atoms with E-state index in [4.69, 9.17) is 16.3 Å². The molecule has 1 aromatic heterocycles. The van der Waals surface area contributed by atoms with Crippen LogP contribution in [0.25, 0.3) is 10.9 Å². The average molecular weight is 405 g/mol. The Kier molecular flexibility index (Phi) is 5.82. The van der Waals surface area contributed by atoms with Gasteiger partial charge in [-0.05, 0) is 61.0 Å². The van der Waals surface area contributed by atoms with E-state index in [1.807, 2.05) is 60.7 Å². The maximum absolute atomic E-state index is 12.5. The lowest BCUT2D eigenvalue weighted by Crippen LogP contribution is -2.11. The number of hydrogen-bond donors (Lipinski definition) is 1. The van der Waals surface area contributed by atoms with Gasteiger partial charge in [0.25, 0.3) is 5.91 Å². The summed E-state index contributed by atoms with van der Waals surface area (Å²) >= 11 is 5.80. The molecule has 1 amide bonds. The van der Waals surface area contributed by atoms with E-state index >= 15 is 0 Å². The number of carbonyl (C=O) groups excluding carboxylic acids is 1. The van der Waals surface area contributed by atoms with Crippen LogP contribution in [0.3, 0.4) is 0 Å². The smallest absolute Gasteiger partial charge is 0.255 e. The molecule has 0 saturated carbocycles. The highest BCUT2D eigenvalue weighted by atomic mass is 35.5. The molecule has 0 atom stereocenters. The second-order valence-electron chi connectivity index (χ2n) is 6.72. The zero-order valence-electron chi connectivity index (χ0n) is 15.8. The highest BCUT2D eigenvalue weighted by Crippen LogP contribution is 2.27. The van der Waals surface area contributed by atoms with Crippen LogP contribution in [0.2, 0.25) is 0 Å². The summed E-state index contributed by atoms with van der Waals surface area (Å²) < 4.78 is 8.20. The van der Waals surface area contributed by atoms with E-state index in [1.54, 1.807) is 12.1 Å². The van der Waals surface area contributed by atoms with Crippen LogP contribution in [0.4, 0.5) is 5.69 Å². The van der Waals surface area contributed by atoms with Crippen molar-refractivity contribution in [2.24, 2.45) is 0 Å². The third-order valence-electron chi connectivity index (χ3n) is 4.64. The molecule has 4 nitrogen and oxygen atoms in total. The summed E-state index contributed by atoms with van der Waals surface area (Å²) in [6.07, 6.45) is 3.00. The molecule has 1 heterocycles. The van der Waals surface area contributed by atoms with Gasteiger partial charge in [0.15, 0.2) is 0 Å². The van der Waals surface area contributed by atoms with Crippen LogP contribution in [0.15, 0.2) is 85.1 Å². The number of benzene rings is 3. The minimum atomic E-state index is -0.173. The molecule has 3 aromatic carbocycles. The summed E-state index contributed by atoms with van der Waals surface area (Å²) in [5, 5.41) is 3.99. The molecule has 146 valence electrons. The van der Waals surface area contributed by atoms with E-state index in [0.29, 0.717) is 17.2 Å². The van der Waals surface area contributed by atoms with Crippen LogP contribution in [-0.2, 0) is 6.54 Å². The van der Waals surface area contributed by atoms with Crippen LogP contribution in [0, 0.1) is 0 Å². The van der Waals surface area contributed by atoms with Gasteiger partial charge in [-0.1, -0.05) is 24.3 Å². The number of nitrogens with zero attached hydrogens (tertiary/aromatic N) is 1. The van der Waals surface area contributed by atoms with Gasteiger partial charge in [0.1, 0.15) is 11.5 Å². The maximum atomic E-state index is 12.5. The highest BCUT2D eigenvalue weighted by molar-refractivity contribution is 6.17. The second kappa shape index (κ2) is 8.84. The van der Waals surface area contributed by atoms with Crippen LogP contribution in [0.1, 0.15) is 16.8 Å². The summed E-state index contributed by atoms with van der Waals surface area (Å²) in [5.74, 6) is 1.82. The number of carbonyl (C=O) groups is 1. The monoisotopic (exact) mass is 404 g/mol. The van der Waals surface area contributed by atoms with E-state index in [0.717, 1.165) is 35.3 Å². The Balaban J connectivity index is 1.49. The molecule has 0 saturated heterocycles. The maximum Gasteiger partial charge on any atom is 0.255 e. The van der Waals surface area contributed by atoms with Gasteiger partial charge in [-0.2, -0.15) is 0 Å². The molecule has 4 rings (SSSR count). The largest absolute Gasteiger partial charge is 0.457 e. The van der Waals surface area contributed by atoms with Gasteiger partial charge in [-0.15, -0.1) is 11.6 Å². The Hall–Kier alpha value is -3.24. The van der Waals surface area contributed by atoms with Crippen molar-refractivity contribution in [2.75, 3.05) is 11.2 Å².